The number of carbonyl (C=O) groups is 2. The number of nitrogens with zero attached hydrogens (tertiary/aromatic N) is 5. The SMILES string of the molecule is C=CC(=O)N1C[C@@H](n2nc(C#Cc3c(F)cc4c(ncn4C4CC4)c3F)c(C(N)=O)c2NC)C[C@@H]1CO. The zero-order valence-electron chi connectivity index (χ0n) is 20.0. The van der Waals surface area contributed by atoms with Gasteiger partial charge in [-0.3, -0.25) is 9.59 Å². The highest BCUT2D eigenvalue weighted by Crippen LogP contribution is 2.38. The number of carbonyl (C=O) groups excluding carboxylic acids is 2. The van der Waals surface area contributed by atoms with Gasteiger partial charge in [0, 0.05) is 25.7 Å². The van der Waals surface area contributed by atoms with E-state index in [2.05, 4.69) is 33.8 Å². The van der Waals surface area contributed by atoms with Gasteiger partial charge in [-0.1, -0.05) is 12.5 Å². The van der Waals surface area contributed by atoms with Crippen LogP contribution in [0.3, 0.4) is 0 Å². The molecule has 12 heteroatoms. The lowest BCUT2D eigenvalue weighted by Gasteiger charge is -2.20. The maximum Gasteiger partial charge on any atom is 0.255 e. The Morgan fingerprint density at radius 1 is 1.32 bits per heavy atom. The van der Waals surface area contributed by atoms with Crippen molar-refractivity contribution in [2.45, 2.75) is 37.4 Å². The summed E-state index contributed by atoms with van der Waals surface area (Å²) in [5.74, 6) is 2.39. The van der Waals surface area contributed by atoms with Gasteiger partial charge in [-0.25, -0.2) is 18.4 Å². The lowest BCUT2D eigenvalue weighted by molar-refractivity contribution is -0.127. The number of hydrogen-bond donors (Lipinski definition) is 3. The number of likely N-dealkylation sites (tertiary alicyclic amines) is 1. The van der Waals surface area contributed by atoms with Crippen LogP contribution >= 0.6 is 0 Å². The van der Waals surface area contributed by atoms with Gasteiger partial charge in [-0.2, -0.15) is 5.10 Å². The Labute approximate surface area is 210 Å². The maximum atomic E-state index is 15.2. The van der Waals surface area contributed by atoms with Crippen molar-refractivity contribution in [1.82, 2.24) is 24.2 Å². The summed E-state index contributed by atoms with van der Waals surface area (Å²) in [6.07, 6.45) is 4.87. The number of aliphatic hydroxyl groups excluding tert-OH is 1. The van der Waals surface area contributed by atoms with Crippen molar-refractivity contribution >= 4 is 28.7 Å². The molecule has 2 amide bonds. The quantitative estimate of drug-likeness (QED) is 0.343. The predicted molar refractivity (Wildman–Crippen MR) is 131 cm³/mol. The number of rotatable bonds is 6. The van der Waals surface area contributed by atoms with Gasteiger partial charge in [0.05, 0.1) is 36.1 Å². The molecule has 10 nitrogen and oxygen atoms in total. The molecule has 1 saturated carbocycles. The molecule has 1 aliphatic heterocycles. The Morgan fingerprint density at radius 2 is 2.08 bits per heavy atom. The summed E-state index contributed by atoms with van der Waals surface area (Å²) in [6, 6.07) is 0.510. The number of imidazole rings is 1. The summed E-state index contributed by atoms with van der Waals surface area (Å²) in [5.41, 5.74) is 5.37. The van der Waals surface area contributed by atoms with Crippen LogP contribution in [0, 0.1) is 23.5 Å². The Morgan fingerprint density at radius 3 is 2.70 bits per heavy atom. The van der Waals surface area contributed by atoms with Crippen LogP contribution in [0.5, 0.6) is 0 Å². The number of nitrogens with two attached hydrogens (primary N) is 1. The lowest BCUT2D eigenvalue weighted by Crippen LogP contribution is -2.36. The number of primary amides is 1. The normalized spacial score (nSPS) is 19.1. The molecule has 192 valence electrons. The van der Waals surface area contributed by atoms with E-state index in [-0.39, 0.29) is 47.7 Å². The van der Waals surface area contributed by atoms with Crippen LogP contribution in [-0.4, -0.2) is 67.4 Å². The smallest absolute Gasteiger partial charge is 0.255 e. The van der Waals surface area contributed by atoms with Crippen LogP contribution in [0.25, 0.3) is 11.0 Å². The molecule has 5 rings (SSSR count). The fraction of sp³-hybridized carbons (Fsp3) is 0.360. The third-order valence-electron chi connectivity index (χ3n) is 6.81. The van der Waals surface area contributed by atoms with Crippen molar-refractivity contribution in [2.75, 3.05) is 25.5 Å². The van der Waals surface area contributed by atoms with Crippen molar-refractivity contribution in [3.63, 3.8) is 0 Å². The molecule has 37 heavy (non-hydrogen) atoms. The van der Waals surface area contributed by atoms with Gasteiger partial charge < -0.3 is 25.6 Å². The number of nitrogens with one attached hydrogen (secondary N) is 1. The van der Waals surface area contributed by atoms with Crippen LogP contribution in [0.4, 0.5) is 14.6 Å². The molecule has 1 aromatic carbocycles. The average molecular weight is 510 g/mol. The highest BCUT2D eigenvalue weighted by atomic mass is 19.1. The molecule has 3 heterocycles. The Kier molecular flexibility index (Phi) is 6.16. The number of hydrogen-bond acceptors (Lipinski definition) is 6. The Bertz CT molecular complexity index is 1500. The zero-order chi connectivity index (χ0) is 26.4. The molecule has 0 bridgehead atoms. The van der Waals surface area contributed by atoms with Crippen molar-refractivity contribution in [3.05, 3.63) is 53.5 Å². The van der Waals surface area contributed by atoms with Gasteiger partial charge >= 0.3 is 0 Å². The number of halogens is 2. The molecule has 1 saturated heterocycles. The molecule has 1 aliphatic carbocycles. The fourth-order valence-electron chi connectivity index (χ4n) is 4.87. The van der Waals surface area contributed by atoms with E-state index in [1.54, 1.807) is 11.6 Å². The van der Waals surface area contributed by atoms with E-state index in [0.29, 0.717) is 11.9 Å². The number of fused-ring (bicyclic) bond motifs is 1. The number of aliphatic hydroxyl groups is 1. The molecule has 4 N–H and O–H groups in total. The molecule has 3 aromatic rings. The van der Waals surface area contributed by atoms with Gasteiger partial charge in [-0.15, -0.1) is 0 Å². The van der Waals surface area contributed by atoms with Gasteiger partial charge in [0.15, 0.2) is 11.5 Å². The Balaban J connectivity index is 1.56. The first kappa shape index (κ1) is 24.5. The first-order chi connectivity index (χ1) is 17.8. The Hall–Kier alpha value is -4.24. The third kappa shape index (κ3) is 4.11. The van der Waals surface area contributed by atoms with Crippen LogP contribution in [0.1, 0.15) is 53.0 Å². The van der Waals surface area contributed by atoms with E-state index in [9.17, 15) is 19.1 Å². The van der Waals surface area contributed by atoms with E-state index >= 15 is 4.39 Å². The summed E-state index contributed by atoms with van der Waals surface area (Å²) >= 11 is 0. The van der Waals surface area contributed by atoms with E-state index < -0.39 is 35.2 Å². The van der Waals surface area contributed by atoms with Crippen molar-refractivity contribution in [1.29, 1.82) is 0 Å². The van der Waals surface area contributed by atoms with Crippen molar-refractivity contribution in [3.8, 4) is 11.8 Å². The van der Waals surface area contributed by atoms with E-state index in [1.165, 1.54) is 22.0 Å². The number of benzene rings is 1. The van der Waals surface area contributed by atoms with Gasteiger partial charge in [0.25, 0.3) is 5.91 Å². The second kappa shape index (κ2) is 9.33. The standard InChI is InChI=1S/C25H25F2N7O3/c1-3-20(36)32-10-14(8-15(32)11-35)34-25(29-2)21(24(28)37)18(31-34)7-6-16-17(26)9-19-23(22(16)27)30-12-33(19)13-4-5-13/h3,9,12-15,29,35H,1,4-5,8,10-11H2,2H3,(H2,28,37)/t14-,15+/m0/s1. The third-order valence-corrected chi connectivity index (χ3v) is 6.81. The minimum absolute atomic E-state index is 0.0159. The van der Waals surface area contributed by atoms with Gasteiger partial charge in [0.2, 0.25) is 5.91 Å². The molecule has 0 radical (unpaired) electrons. The van der Waals surface area contributed by atoms with Crippen LogP contribution < -0.4 is 11.1 Å². The zero-order valence-corrected chi connectivity index (χ0v) is 20.0. The summed E-state index contributed by atoms with van der Waals surface area (Å²) in [7, 11) is 1.56. The molecule has 2 atom stereocenters. The molecule has 0 unspecified atom stereocenters. The summed E-state index contributed by atoms with van der Waals surface area (Å²) in [6.45, 7) is 3.42. The molecule has 2 fully saturated rings. The molecular weight excluding hydrogens is 484 g/mol. The summed E-state index contributed by atoms with van der Waals surface area (Å²) in [5, 5.41) is 17.0. The molecule has 2 aliphatic rings. The van der Waals surface area contributed by atoms with Crippen LogP contribution in [0.2, 0.25) is 0 Å². The second-order valence-corrected chi connectivity index (χ2v) is 9.10. The maximum absolute atomic E-state index is 15.2. The monoisotopic (exact) mass is 509 g/mol. The van der Waals surface area contributed by atoms with Crippen molar-refractivity contribution < 1.29 is 23.5 Å². The number of aromatic nitrogens is 4. The topological polar surface area (TPSA) is 131 Å². The molecule has 0 spiro atoms. The van der Waals surface area contributed by atoms with E-state index in [0.717, 1.165) is 18.9 Å². The summed E-state index contributed by atoms with van der Waals surface area (Å²) in [4.78, 5) is 30.1. The van der Waals surface area contributed by atoms with Gasteiger partial charge in [0.1, 0.15) is 22.7 Å². The largest absolute Gasteiger partial charge is 0.394 e. The minimum atomic E-state index is -0.893. The number of amides is 2. The van der Waals surface area contributed by atoms with Crippen molar-refractivity contribution in [2.24, 2.45) is 5.73 Å². The van der Waals surface area contributed by atoms with E-state index in [4.69, 9.17) is 5.73 Å². The minimum Gasteiger partial charge on any atom is -0.394 e. The van der Waals surface area contributed by atoms with Gasteiger partial charge in [-0.05, 0) is 31.3 Å². The first-order valence-corrected chi connectivity index (χ1v) is 11.8. The highest BCUT2D eigenvalue weighted by Gasteiger charge is 2.37. The lowest BCUT2D eigenvalue weighted by atomic mass is 10.1. The second-order valence-electron chi connectivity index (χ2n) is 9.10. The highest BCUT2D eigenvalue weighted by molar-refractivity contribution is 6.00. The summed E-state index contributed by atoms with van der Waals surface area (Å²) < 4.78 is 33.4. The number of anilines is 1. The van der Waals surface area contributed by atoms with Crippen LogP contribution in [0.15, 0.2) is 25.0 Å². The average Bonchev–Trinajstić information content (AvgIpc) is 3.32. The molecule has 2 aromatic heterocycles. The van der Waals surface area contributed by atoms with Crippen LogP contribution in [-0.2, 0) is 4.79 Å². The first-order valence-electron chi connectivity index (χ1n) is 11.8. The molecular formula is C25H25F2N7O3. The fourth-order valence-corrected chi connectivity index (χ4v) is 4.87. The predicted octanol–water partition coefficient (Wildman–Crippen LogP) is 1.71. The van der Waals surface area contributed by atoms with E-state index in [1.807, 2.05) is 0 Å².